The summed E-state index contributed by atoms with van der Waals surface area (Å²) in [6.45, 7) is 0. The zero-order chi connectivity index (χ0) is 10.7. The number of rotatable bonds is 2. The predicted octanol–water partition coefficient (Wildman–Crippen LogP) is 2.83. The SMILES string of the molecule is N#CCc1nc(I)cc(C(F)F)c1F. The van der Waals surface area contributed by atoms with Gasteiger partial charge in [0, 0.05) is 0 Å². The molecule has 0 aliphatic heterocycles. The smallest absolute Gasteiger partial charge is 0.243 e. The van der Waals surface area contributed by atoms with Crippen LogP contribution in [0.25, 0.3) is 0 Å². The molecule has 0 radical (unpaired) electrons. The summed E-state index contributed by atoms with van der Waals surface area (Å²) >= 11 is 1.70. The Kier molecular flexibility index (Phi) is 3.69. The number of nitriles is 1. The molecule has 0 aliphatic rings. The van der Waals surface area contributed by atoms with Crippen molar-refractivity contribution in [3.63, 3.8) is 0 Å². The molecule has 0 saturated heterocycles. The third-order valence-electron chi connectivity index (χ3n) is 1.50. The van der Waals surface area contributed by atoms with E-state index in [1.165, 1.54) is 0 Å². The van der Waals surface area contributed by atoms with Gasteiger partial charge in [-0.2, -0.15) is 5.26 Å². The van der Waals surface area contributed by atoms with Crippen molar-refractivity contribution in [2.24, 2.45) is 0 Å². The first-order chi connectivity index (χ1) is 6.56. The topological polar surface area (TPSA) is 36.7 Å². The van der Waals surface area contributed by atoms with Gasteiger partial charge in [-0.05, 0) is 28.7 Å². The van der Waals surface area contributed by atoms with Gasteiger partial charge in [0.05, 0.1) is 23.7 Å². The molecule has 14 heavy (non-hydrogen) atoms. The highest BCUT2D eigenvalue weighted by Crippen LogP contribution is 2.24. The second kappa shape index (κ2) is 4.59. The van der Waals surface area contributed by atoms with E-state index in [0.717, 1.165) is 6.07 Å². The van der Waals surface area contributed by atoms with Gasteiger partial charge in [-0.1, -0.05) is 0 Å². The van der Waals surface area contributed by atoms with Crippen molar-refractivity contribution in [3.05, 3.63) is 26.8 Å². The molecule has 1 rings (SSSR count). The first-order valence-electron chi connectivity index (χ1n) is 3.56. The number of hydrogen-bond acceptors (Lipinski definition) is 2. The lowest BCUT2D eigenvalue weighted by atomic mass is 10.2. The maximum atomic E-state index is 13.2. The molecule has 0 bridgehead atoms. The van der Waals surface area contributed by atoms with Crippen LogP contribution in [0.2, 0.25) is 0 Å². The van der Waals surface area contributed by atoms with Crippen LogP contribution in [0.3, 0.4) is 0 Å². The molecule has 1 aromatic heterocycles. The molecule has 0 amide bonds. The van der Waals surface area contributed by atoms with Crippen LogP contribution >= 0.6 is 22.6 Å². The van der Waals surface area contributed by atoms with Crippen LogP contribution in [0.15, 0.2) is 6.07 Å². The number of halogens is 4. The molecule has 0 aliphatic carbocycles. The van der Waals surface area contributed by atoms with Crippen LogP contribution in [0.4, 0.5) is 13.2 Å². The van der Waals surface area contributed by atoms with Gasteiger partial charge >= 0.3 is 0 Å². The van der Waals surface area contributed by atoms with E-state index < -0.39 is 17.8 Å². The van der Waals surface area contributed by atoms with Crippen LogP contribution < -0.4 is 0 Å². The normalized spacial score (nSPS) is 10.3. The summed E-state index contributed by atoms with van der Waals surface area (Å²) in [5.74, 6) is -1.08. The van der Waals surface area contributed by atoms with Gasteiger partial charge in [0.25, 0.3) is 6.43 Å². The van der Waals surface area contributed by atoms with Crippen molar-refractivity contribution in [1.29, 1.82) is 5.26 Å². The molecule has 0 unspecified atom stereocenters. The number of nitrogens with zero attached hydrogens (tertiary/aromatic N) is 2. The fourth-order valence-corrected chi connectivity index (χ4v) is 1.55. The maximum absolute atomic E-state index is 13.2. The van der Waals surface area contributed by atoms with Gasteiger partial charge in [-0.3, -0.25) is 0 Å². The standard InChI is InChI=1S/C8H4F3IN2/c9-7-4(8(10)11)3-6(12)14-5(7)1-2-13/h3,8H,1H2. The van der Waals surface area contributed by atoms with Gasteiger partial charge in [0.1, 0.15) is 3.70 Å². The quantitative estimate of drug-likeness (QED) is 0.622. The molecule has 0 atom stereocenters. The van der Waals surface area contributed by atoms with Crippen LogP contribution in [0.5, 0.6) is 0 Å². The van der Waals surface area contributed by atoms with Crippen molar-refractivity contribution in [2.75, 3.05) is 0 Å². The Morgan fingerprint density at radius 2 is 2.21 bits per heavy atom. The first-order valence-corrected chi connectivity index (χ1v) is 4.64. The third kappa shape index (κ3) is 2.35. The number of pyridine rings is 1. The van der Waals surface area contributed by atoms with Gasteiger partial charge in [-0.15, -0.1) is 0 Å². The predicted molar refractivity (Wildman–Crippen MR) is 51.2 cm³/mol. The highest BCUT2D eigenvalue weighted by Gasteiger charge is 2.18. The van der Waals surface area contributed by atoms with Crippen molar-refractivity contribution in [1.82, 2.24) is 4.98 Å². The van der Waals surface area contributed by atoms with Crippen LogP contribution in [0, 0.1) is 20.8 Å². The average molecular weight is 312 g/mol. The van der Waals surface area contributed by atoms with Gasteiger partial charge in [0.15, 0.2) is 5.82 Å². The molecule has 0 saturated carbocycles. The summed E-state index contributed by atoms with van der Waals surface area (Å²) in [4.78, 5) is 3.66. The molecule has 2 nitrogen and oxygen atoms in total. The summed E-state index contributed by atoms with van der Waals surface area (Å²) < 4.78 is 38.0. The molecule has 0 N–H and O–H groups in total. The minimum atomic E-state index is -2.89. The van der Waals surface area contributed by atoms with E-state index in [2.05, 4.69) is 4.98 Å². The molecular formula is C8H4F3IN2. The highest BCUT2D eigenvalue weighted by molar-refractivity contribution is 14.1. The van der Waals surface area contributed by atoms with Crippen molar-refractivity contribution in [2.45, 2.75) is 12.8 Å². The minimum Gasteiger partial charge on any atom is -0.243 e. The molecule has 0 spiro atoms. The molecule has 1 heterocycles. The lowest BCUT2D eigenvalue weighted by Crippen LogP contribution is -2.02. The number of aromatic nitrogens is 1. The van der Waals surface area contributed by atoms with E-state index in [0.29, 0.717) is 0 Å². The number of hydrogen-bond donors (Lipinski definition) is 0. The third-order valence-corrected chi connectivity index (χ3v) is 2.06. The van der Waals surface area contributed by atoms with Gasteiger partial charge < -0.3 is 0 Å². The van der Waals surface area contributed by atoms with Crippen molar-refractivity contribution in [3.8, 4) is 6.07 Å². The Bertz CT molecular complexity index is 387. The second-order valence-corrected chi connectivity index (χ2v) is 3.54. The summed E-state index contributed by atoms with van der Waals surface area (Å²) in [6, 6.07) is 2.64. The maximum Gasteiger partial charge on any atom is 0.266 e. The molecule has 1 aromatic rings. The zero-order valence-corrected chi connectivity index (χ0v) is 8.93. The van der Waals surface area contributed by atoms with E-state index in [-0.39, 0.29) is 15.8 Å². The summed E-state index contributed by atoms with van der Waals surface area (Å²) in [7, 11) is 0. The van der Waals surface area contributed by atoms with Crippen LogP contribution in [-0.2, 0) is 6.42 Å². The Hall–Kier alpha value is -0.840. The first kappa shape index (κ1) is 11.2. The second-order valence-electron chi connectivity index (χ2n) is 2.43. The lowest BCUT2D eigenvalue weighted by molar-refractivity contribution is 0.145. The van der Waals surface area contributed by atoms with Crippen molar-refractivity contribution < 1.29 is 13.2 Å². The number of alkyl halides is 2. The molecular weight excluding hydrogens is 308 g/mol. The van der Waals surface area contributed by atoms with E-state index in [1.807, 2.05) is 0 Å². The minimum absolute atomic E-state index is 0.227. The largest absolute Gasteiger partial charge is 0.266 e. The Morgan fingerprint density at radius 1 is 1.57 bits per heavy atom. The Labute approximate surface area is 91.9 Å². The summed E-state index contributed by atoms with van der Waals surface area (Å²) in [5, 5.41) is 8.32. The molecule has 6 heteroatoms. The van der Waals surface area contributed by atoms with E-state index in [1.54, 1.807) is 28.7 Å². The van der Waals surface area contributed by atoms with Crippen molar-refractivity contribution >= 4 is 22.6 Å². The fourth-order valence-electron chi connectivity index (χ4n) is 0.919. The average Bonchev–Trinajstić information content (AvgIpc) is 2.10. The van der Waals surface area contributed by atoms with E-state index in [4.69, 9.17) is 5.26 Å². The Balaban J connectivity index is 3.26. The molecule has 0 fully saturated rings. The van der Waals surface area contributed by atoms with E-state index in [9.17, 15) is 13.2 Å². The van der Waals surface area contributed by atoms with E-state index >= 15 is 0 Å². The highest BCUT2D eigenvalue weighted by atomic mass is 127. The molecule has 0 aromatic carbocycles. The monoisotopic (exact) mass is 312 g/mol. The molecule has 74 valence electrons. The fraction of sp³-hybridized carbons (Fsp3) is 0.250. The van der Waals surface area contributed by atoms with Crippen LogP contribution in [-0.4, -0.2) is 4.98 Å². The van der Waals surface area contributed by atoms with Gasteiger partial charge in [0.2, 0.25) is 0 Å². The zero-order valence-electron chi connectivity index (χ0n) is 6.77. The summed E-state index contributed by atoms with van der Waals surface area (Å²) in [6.07, 6.45) is -3.19. The van der Waals surface area contributed by atoms with Gasteiger partial charge in [-0.25, -0.2) is 18.2 Å². The lowest BCUT2D eigenvalue weighted by Gasteiger charge is -2.05. The summed E-state index contributed by atoms with van der Waals surface area (Å²) in [5.41, 5.74) is -0.927. The Morgan fingerprint density at radius 3 is 2.71 bits per heavy atom. The van der Waals surface area contributed by atoms with Crippen LogP contribution in [0.1, 0.15) is 17.7 Å².